The van der Waals surface area contributed by atoms with E-state index in [2.05, 4.69) is 15.0 Å². The molecule has 3 rings (SSSR count). The monoisotopic (exact) mass is 346 g/mol. The van der Waals surface area contributed by atoms with E-state index < -0.39 is 10.3 Å². The molecule has 0 radical (unpaired) electrons. The zero-order valence-electron chi connectivity index (χ0n) is 13.1. The molecular formula is C16H15FN4O2S. The van der Waals surface area contributed by atoms with Crippen molar-refractivity contribution in [1.82, 2.24) is 19.5 Å². The van der Waals surface area contributed by atoms with Crippen LogP contribution in [0.5, 0.6) is 0 Å². The highest BCUT2D eigenvalue weighted by Gasteiger charge is 2.17. The van der Waals surface area contributed by atoms with Crippen molar-refractivity contribution < 1.29 is 12.8 Å². The summed E-state index contributed by atoms with van der Waals surface area (Å²) in [5.41, 5.74) is 2.65. The van der Waals surface area contributed by atoms with E-state index >= 15 is 0 Å². The maximum absolute atomic E-state index is 13.2. The van der Waals surface area contributed by atoms with E-state index in [0.717, 1.165) is 5.56 Å². The van der Waals surface area contributed by atoms with Gasteiger partial charge < -0.3 is 9.55 Å². The van der Waals surface area contributed by atoms with Crippen LogP contribution in [0.2, 0.25) is 0 Å². The number of rotatable bonds is 3. The summed E-state index contributed by atoms with van der Waals surface area (Å²) >= 11 is 0. The van der Waals surface area contributed by atoms with Crippen molar-refractivity contribution in [2.45, 2.75) is 19.9 Å². The first-order valence-corrected chi connectivity index (χ1v) is 8.35. The summed E-state index contributed by atoms with van der Waals surface area (Å²) < 4.78 is 37.3. The van der Waals surface area contributed by atoms with Gasteiger partial charge in [-0.15, -0.1) is 0 Å². The van der Waals surface area contributed by atoms with E-state index in [1.54, 1.807) is 24.5 Å². The number of nitrogens with zero attached hydrogens (tertiary/aromatic N) is 3. The molecule has 0 amide bonds. The molecule has 0 spiro atoms. The average molecular weight is 346 g/mol. The molecule has 1 N–H and O–H groups in total. The minimum Gasteiger partial charge on any atom is -0.326 e. The van der Waals surface area contributed by atoms with Crippen LogP contribution in [0.1, 0.15) is 19.9 Å². The summed E-state index contributed by atoms with van der Waals surface area (Å²) in [6, 6.07) is 7.78. The maximum atomic E-state index is 13.2. The summed E-state index contributed by atoms with van der Waals surface area (Å²) in [6.45, 7) is 3.99. The van der Waals surface area contributed by atoms with E-state index in [1.807, 2.05) is 18.4 Å². The Morgan fingerprint density at radius 1 is 1.12 bits per heavy atom. The lowest BCUT2D eigenvalue weighted by Crippen LogP contribution is -2.03. The first kappa shape index (κ1) is 16.1. The Morgan fingerprint density at radius 2 is 1.83 bits per heavy atom. The van der Waals surface area contributed by atoms with Gasteiger partial charge in [0.15, 0.2) is 0 Å². The predicted octanol–water partition coefficient (Wildman–Crippen LogP) is 3.07. The van der Waals surface area contributed by atoms with Crippen molar-refractivity contribution >= 4 is 10.3 Å². The van der Waals surface area contributed by atoms with Crippen LogP contribution < -0.4 is 0 Å². The fourth-order valence-corrected chi connectivity index (χ4v) is 2.77. The molecule has 0 fully saturated rings. The number of benzene rings is 1. The Kier molecular flexibility index (Phi) is 4.30. The third-order valence-electron chi connectivity index (χ3n) is 3.56. The van der Waals surface area contributed by atoms with Crippen LogP contribution in [-0.4, -0.2) is 27.9 Å². The predicted molar refractivity (Wildman–Crippen MR) is 87.8 cm³/mol. The summed E-state index contributed by atoms with van der Waals surface area (Å²) in [5.74, 6) is -0.330. The number of imidazole rings is 1. The molecule has 0 aliphatic rings. The topological polar surface area (TPSA) is 80.6 Å². The van der Waals surface area contributed by atoms with Crippen molar-refractivity contribution in [3.8, 4) is 22.6 Å². The van der Waals surface area contributed by atoms with E-state index in [9.17, 15) is 12.8 Å². The summed E-state index contributed by atoms with van der Waals surface area (Å²) in [6.07, 6.45) is 3.10. The van der Waals surface area contributed by atoms with Crippen LogP contribution in [0.15, 0.2) is 42.9 Å². The molecule has 24 heavy (non-hydrogen) atoms. The van der Waals surface area contributed by atoms with Gasteiger partial charge in [-0.25, -0.2) is 14.4 Å². The molecule has 6 nitrogen and oxygen atoms in total. The van der Waals surface area contributed by atoms with Crippen LogP contribution >= 0.6 is 0 Å². The molecule has 124 valence electrons. The molecule has 0 saturated carbocycles. The van der Waals surface area contributed by atoms with Gasteiger partial charge in [0.25, 0.3) is 15.1 Å². The molecule has 1 aromatic carbocycles. The quantitative estimate of drug-likeness (QED) is 0.739. The third kappa shape index (κ3) is 3.00. The van der Waals surface area contributed by atoms with Crippen LogP contribution in [0.25, 0.3) is 22.6 Å². The second-order valence-electron chi connectivity index (χ2n) is 5.47. The van der Waals surface area contributed by atoms with Gasteiger partial charge in [0.2, 0.25) is 0 Å². The first-order valence-electron chi connectivity index (χ1n) is 7.28. The average Bonchev–Trinajstić information content (AvgIpc) is 3.01. The van der Waals surface area contributed by atoms with E-state index in [1.165, 1.54) is 18.3 Å². The Labute approximate surface area is 139 Å². The lowest BCUT2D eigenvalue weighted by atomic mass is 10.1. The van der Waals surface area contributed by atoms with Gasteiger partial charge in [0.05, 0.1) is 23.4 Å². The largest absolute Gasteiger partial charge is 0.326 e. The van der Waals surface area contributed by atoms with E-state index in [4.69, 9.17) is 0 Å². The molecule has 8 heteroatoms. The Hall–Kier alpha value is -2.74. The standard InChI is InChI=1S/C16H15FN4O2S/c1-10(2)21-9-19-14(11-3-5-12(17)6-4-11)15(21)13-7-8-18-16(20-13)24(22)23/h3-10,20H,1-2H3. The van der Waals surface area contributed by atoms with Crippen molar-refractivity contribution in [3.63, 3.8) is 0 Å². The number of aromatic nitrogens is 4. The van der Waals surface area contributed by atoms with Gasteiger partial charge in [-0.05, 0) is 44.2 Å². The SMILES string of the molecule is CC(C)n1cnc(-c2ccc(F)cc2)c1-c1ccnc(=S(=O)=O)[nH]1. The summed E-state index contributed by atoms with van der Waals surface area (Å²) in [4.78, 5) is 11.0. The van der Waals surface area contributed by atoms with Crippen LogP contribution in [0.3, 0.4) is 0 Å². The Bertz CT molecular complexity index is 1040. The van der Waals surface area contributed by atoms with Gasteiger partial charge in [0.1, 0.15) is 5.82 Å². The summed E-state index contributed by atoms with van der Waals surface area (Å²) in [7, 11) is -2.47. The lowest BCUT2D eigenvalue weighted by molar-refractivity contribution is 0.604. The maximum Gasteiger partial charge on any atom is 0.258 e. The van der Waals surface area contributed by atoms with Gasteiger partial charge in [-0.3, -0.25) is 0 Å². The molecule has 0 bridgehead atoms. The number of halogens is 1. The van der Waals surface area contributed by atoms with Crippen molar-refractivity contribution in [1.29, 1.82) is 0 Å². The highest BCUT2D eigenvalue weighted by atomic mass is 32.2. The highest BCUT2D eigenvalue weighted by Crippen LogP contribution is 2.31. The number of hydrogen-bond donors (Lipinski definition) is 1. The van der Waals surface area contributed by atoms with Gasteiger partial charge in [-0.1, -0.05) is 0 Å². The minimum atomic E-state index is -2.47. The van der Waals surface area contributed by atoms with Crippen LogP contribution in [-0.2, 0) is 10.3 Å². The van der Waals surface area contributed by atoms with Crippen molar-refractivity contribution in [2.24, 2.45) is 0 Å². The number of hydrogen-bond acceptors (Lipinski definition) is 4. The molecule has 2 aromatic heterocycles. The molecule has 3 aromatic rings. The van der Waals surface area contributed by atoms with E-state index in [-0.39, 0.29) is 16.6 Å². The van der Waals surface area contributed by atoms with Crippen LogP contribution in [0, 0.1) is 10.6 Å². The second kappa shape index (κ2) is 6.40. The molecule has 0 unspecified atom stereocenters. The molecule has 0 atom stereocenters. The minimum absolute atomic E-state index is 0.101. The molecule has 2 heterocycles. The van der Waals surface area contributed by atoms with Gasteiger partial charge in [-0.2, -0.15) is 8.42 Å². The Morgan fingerprint density at radius 3 is 2.46 bits per heavy atom. The molecular weight excluding hydrogens is 331 g/mol. The molecule has 0 saturated heterocycles. The zero-order chi connectivity index (χ0) is 17.3. The van der Waals surface area contributed by atoms with Crippen LogP contribution in [0.4, 0.5) is 4.39 Å². The fraction of sp³-hybridized carbons (Fsp3) is 0.188. The fourth-order valence-electron chi connectivity index (χ4n) is 2.43. The third-order valence-corrected chi connectivity index (χ3v) is 4.08. The van der Waals surface area contributed by atoms with Crippen molar-refractivity contribution in [3.05, 3.63) is 53.4 Å². The summed E-state index contributed by atoms with van der Waals surface area (Å²) in [5, 5.41) is 0. The first-order chi connectivity index (χ1) is 11.5. The van der Waals surface area contributed by atoms with Crippen molar-refractivity contribution in [2.75, 3.05) is 0 Å². The second-order valence-corrected chi connectivity index (χ2v) is 6.33. The number of H-pyrrole nitrogens is 1. The smallest absolute Gasteiger partial charge is 0.258 e. The normalized spacial score (nSPS) is 11.0. The molecule has 0 aliphatic heterocycles. The van der Waals surface area contributed by atoms with Gasteiger partial charge in [0, 0.05) is 17.8 Å². The number of aromatic amines is 1. The van der Waals surface area contributed by atoms with E-state index in [0.29, 0.717) is 17.1 Å². The number of nitrogens with one attached hydrogen (secondary N) is 1. The Balaban J connectivity index is 2.30. The molecule has 0 aliphatic carbocycles. The highest BCUT2D eigenvalue weighted by molar-refractivity contribution is 7.63. The zero-order valence-corrected chi connectivity index (χ0v) is 13.9. The van der Waals surface area contributed by atoms with Gasteiger partial charge >= 0.3 is 0 Å². The lowest BCUT2D eigenvalue weighted by Gasteiger charge is -2.13.